The van der Waals surface area contributed by atoms with E-state index in [0.717, 1.165) is 25.7 Å². The average Bonchev–Trinajstić information content (AvgIpc) is 2.30. The molecular formula is C12H22N2O2. The fourth-order valence-electron chi connectivity index (χ4n) is 2.37. The van der Waals surface area contributed by atoms with Crippen LogP contribution in [0.25, 0.3) is 0 Å². The SMILES string of the molecule is CNCC(=O)C1CCC(C(=O)CNC)CC1. The molecule has 4 nitrogen and oxygen atoms in total. The van der Waals surface area contributed by atoms with Crippen LogP contribution >= 0.6 is 0 Å². The Hall–Kier alpha value is -0.740. The van der Waals surface area contributed by atoms with Crippen molar-refractivity contribution in [3.8, 4) is 0 Å². The normalized spacial score (nSPS) is 25.4. The van der Waals surface area contributed by atoms with E-state index in [-0.39, 0.29) is 11.8 Å². The summed E-state index contributed by atoms with van der Waals surface area (Å²) in [7, 11) is 3.58. The van der Waals surface area contributed by atoms with Gasteiger partial charge in [0.25, 0.3) is 0 Å². The van der Waals surface area contributed by atoms with Gasteiger partial charge in [0.05, 0.1) is 13.1 Å². The molecule has 0 spiro atoms. The molecule has 1 aliphatic carbocycles. The number of carbonyl (C=O) groups excluding carboxylic acids is 2. The number of nitrogens with one attached hydrogen (secondary N) is 2. The number of Topliss-reactive ketones (excluding diaryl/α,β-unsaturated/α-hetero) is 2. The standard InChI is InChI=1S/C12H22N2O2/c1-13-7-11(15)9-3-5-10(6-4-9)12(16)8-14-2/h9-10,13-14H,3-8H2,1-2H3. The van der Waals surface area contributed by atoms with Gasteiger partial charge in [-0.2, -0.15) is 0 Å². The fraction of sp³-hybridized carbons (Fsp3) is 0.833. The summed E-state index contributed by atoms with van der Waals surface area (Å²) in [6.45, 7) is 0.916. The largest absolute Gasteiger partial charge is 0.313 e. The third-order valence-electron chi connectivity index (χ3n) is 3.34. The summed E-state index contributed by atoms with van der Waals surface area (Å²) in [6, 6.07) is 0. The van der Waals surface area contributed by atoms with Crippen molar-refractivity contribution < 1.29 is 9.59 Å². The molecular weight excluding hydrogens is 204 g/mol. The Labute approximate surface area is 97.2 Å². The van der Waals surface area contributed by atoms with Crippen molar-refractivity contribution in [2.75, 3.05) is 27.2 Å². The minimum atomic E-state index is 0.172. The smallest absolute Gasteiger partial charge is 0.149 e. The Balaban J connectivity index is 2.33. The highest BCUT2D eigenvalue weighted by molar-refractivity contribution is 5.85. The molecule has 0 aromatic carbocycles. The number of hydrogen-bond acceptors (Lipinski definition) is 4. The molecule has 1 fully saturated rings. The molecule has 92 valence electrons. The van der Waals surface area contributed by atoms with Gasteiger partial charge >= 0.3 is 0 Å². The van der Waals surface area contributed by atoms with Gasteiger partial charge in [-0.25, -0.2) is 0 Å². The van der Waals surface area contributed by atoms with Gasteiger partial charge in [0, 0.05) is 11.8 Å². The van der Waals surface area contributed by atoms with Crippen molar-refractivity contribution in [3.63, 3.8) is 0 Å². The van der Waals surface area contributed by atoms with Gasteiger partial charge in [0.2, 0.25) is 0 Å². The molecule has 0 aromatic heterocycles. The second kappa shape index (κ2) is 6.76. The molecule has 0 aromatic rings. The summed E-state index contributed by atoms with van der Waals surface area (Å²) in [6.07, 6.45) is 3.50. The van der Waals surface area contributed by atoms with E-state index in [9.17, 15) is 9.59 Å². The highest BCUT2D eigenvalue weighted by Crippen LogP contribution is 2.29. The zero-order valence-corrected chi connectivity index (χ0v) is 10.2. The first-order valence-electron chi connectivity index (χ1n) is 6.03. The van der Waals surface area contributed by atoms with Crippen molar-refractivity contribution >= 4 is 11.6 Å². The van der Waals surface area contributed by atoms with Gasteiger partial charge in [-0.15, -0.1) is 0 Å². The molecule has 1 rings (SSSR count). The second-order valence-electron chi connectivity index (χ2n) is 4.54. The van der Waals surface area contributed by atoms with Crippen LogP contribution in [0.3, 0.4) is 0 Å². The molecule has 0 aliphatic heterocycles. The maximum Gasteiger partial charge on any atom is 0.149 e. The first kappa shape index (κ1) is 13.3. The number of ketones is 2. The summed E-state index contributed by atoms with van der Waals surface area (Å²) in [5.41, 5.74) is 0. The number of likely N-dealkylation sites (N-methyl/N-ethyl adjacent to an activating group) is 2. The van der Waals surface area contributed by atoms with E-state index in [1.54, 1.807) is 14.1 Å². The minimum Gasteiger partial charge on any atom is -0.313 e. The van der Waals surface area contributed by atoms with Gasteiger partial charge in [0.15, 0.2) is 0 Å². The Morgan fingerprint density at radius 2 is 1.19 bits per heavy atom. The van der Waals surface area contributed by atoms with Crippen molar-refractivity contribution in [2.24, 2.45) is 11.8 Å². The predicted octanol–water partition coefficient (Wildman–Crippen LogP) is 0.370. The van der Waals surface area contributed by atoms with Crippen LogP contribution in [-0.2, 0) is 9.59 Å². The fourth-order valence-corrected chi connectivity index (χ4v) is 2.37. The van der Waals surface area contributed by atoms with Crippen LogP contribution in [-0.4, -0.2) is 38.8 Å². The van der Waals surface area contributed by atoms with Crippen molar-refractivity contribution in [1.82, 2.24) is 10.6 Å². The number of hydrogen-bond donors (Lipinski definition) is 2. The van der Waals surface area contributed by atoms with Crippen LogP contribution in [0.4, 0.5) is 0 Å². The molecule has 1 aliphatic rings. The molecule has 0 bridgehead atoms. The van der Waals surface area contributed by atoms with Crippen LogP contribution in [0.15, 0.2) is 0 Å². The second-order valence-corrected chi connectivity index (χ2v) is 4.54. The molecule has 1 saturated carbocycles. The van der Waals surface area contributed by atoms with Gasteiger partial charge in [-0.05, 0) is 39.8 Å². The van der Waals surface area contributed by atoms with E-state index in [2.05, 4.69) is 10.6 Å². The van der Waals surface area contributed by atoms with Crippen LogP contribution in [0.5, 0.6) is 0 Å². The van der Waals surface area contributed by atoms with E-state index < -0.39 is 0 Å². The maximum absolute atomic E-state index is 11.6. The lowest BCUT2D eigenvalue weighted by atomic mass is 9.78. The van der Waals surface area contributed by atoms with Crippen LogP contribution in [0, 0.1) is 11.8 Å². The zero-order chi connectivity index (χ0) is 12.0. The Bertz CT molecular complexity index is 219. The quantitative estimate of drug-likeness (QED) is 0.687. The maximum atomic E-state index is 11.6. The Morgan fingerprint density at radius 3 is 1.44 bits per heavy atom. The van der Waals surface area contributed by atoms with Gasteiger partial charge in [0.1, 0.15) is 11.6 Å². The van der Waals surface area contributed by atoms with Gasteiger partial charge in [-0.1, -0.05) is 0 Å². The highest BCUT2D eigenvalue weighted by Gasteiger charge is 2.28. The topological polar surface area (TPSA) is 58.2 Å². The molecule has 2 N–H and O–H groups in total. The van der Waals surface area contributed by atoms with Crippen LogP contribution < -0.4 is 10.6 Å². The summed E-state index contributed by atoms with van der Waals surface area (Å²) < 4.78 is 0. The van der Waals surface area contributed by atoms with Crippen molar-refractivity contribution in [2.45, 2.75) is 25.7 Å². The summed E-state index contributed by atoms with van der Waals surface area (Å²) in [5.74, 6) is 0.932. The van der Waals surface area contributed by atoms with E-state index in [1.807, 2.05) is 0 Å². The van der Waals surface area contributed by atoms with E-state index in [1.165, 1.54) is 0 Å². The molecule has 16 heavy (non-hydrogen) atoms. The van der Waals surface area contributed by atoms with Crippen molar-refractivity contribution in [1.29, 1.82) is 0 Å². The first-order chi connectivity index (χ1) is 7.69. The first-order valence-corrected chi connectivity index (χ1v) is 6.03. The molecule has 0 amide bonds. The van der Waals surface area contributed by atoms with Crippen LogP contribution in [0.2, 0.25) is 0 Å². The number of carbonyl (C=O) groups is 2. The van der Waals surface area contributed by atoms with Gasteiger partial charge < -0.3 is 10.6 Å². The molecule has 0 unspecified atom stereocenters. The lowest BCUT2D eigenvalue weighted by Crippen LogP contribution is -2.33. The van der Waals surface area contributed by atoms with E-state index in [0.29, 0.717) is 24.7 Å². The highest BCUT2D eigenvalue weighted by atomic mass is 16.1. The van der Waals surface area contributed by atoms with Gasteiger partial charge in [-0.3, -0.25) is 9.59 Å². The number of rotatable bonds is 6. The summed E-state index contributed by atoms with van der Waals surface area (Å²) >= 11 is 0. The summed E-state index contributed by atoms with van der Waals surface area (Å²) in [4.78, 5) is 23.3. The minimum absolute atomic E-state index is 0.172. The van der Waals surface area contributed by atoms with Crippen LogP contribution in [0.1, 0.15) is 25.7 Å². The molecule has 4 heteroatoms. The lowest BCUT2D eigenvalue weighted by molar-refractivity contribution is -0.127. The zero-order valence-electron chi connectivity index (χ0n) is 10.2. The lowest BCUT2D eigenvalue weighted by Gasteiger charge is -2.26. The van der Waals surface area contributed by atoms with E-state index >= 15 is 0 Å². The molecule has 0 radical (unpaired) electrons. The Morgan fingerprint density at radius 1 is 0.875 bits per heavy atom. The Kier molecular flexibility index (Phi) is 5.63. The molecule has 0 atom stereocenters. The molecule has 0 heterocycles. The average molecular weight is 226 g/mol. The van der Waals surface area contributed by atoms with E-state index in [4.69, 9.17) is 0 Å². The summed E-state index contributed by atoms with van der Waals surface area (Å²) in [5, 5.41) is 5.79. The predicted molar refractivity (Wildman–Crippen MR) is 63.3 cm³/mol. The third kappa shape index (κ3) is 3.68. The molecule has 0 saturated heterocycles. The van der Waals surface area contributed by atoms with Crippen molar-refractivity contribution in [3.05, 3.63) is 0 Å². The monoisotopic (exact) mass is 226 g/mol. The third-order valence-corrected chi connectivity index (χ3v) is 3.34.